The van der Waals surface area contributed by atoms with E-state index in [9.17, 15) is 4.79 Å². The van der Waals surface area contributed by atoms with Gasteiger partial charge in [-0.05, 0) is 0 Å². The minimum absolute atomic E-state index is 0.127. The van der Waals surface area contributed by atoms with Crippen molar-refractivity contribution in [3.8, 4) is 0 Å². The van der Waals surface area contributed by atoms with Crippen molar-refractivity contribution in [3.63, 3.8) is 0 Å². The molecule has 0 spiro atoms. The molecule has 15 heavy (non-hydrogen) atoms. The Morgan fingerprint density at radius 3 is 3.00 bits per heavy atom. The topological polar surface area (TPSA) is 78.5 Å². The lowest BCUT2D eigenvalue weighted by atomic mass is 10.2. The molecule has 2 N–H and O–H groups in total. The van der Waals surface area contributed by atoms with Gasteiger partial charge in [-0.1, -0.05) is 0 Å². The van der Waals surface area contributed by atoms with Crippen molar-refractivity contribution >= 4 is 11.7 Å². The third kappa shape index (κ3) is 2.27. The van der Waals surface area contributed by atoms with Crippen LogP contribution in [0.1, 0.15) is 6.42 Å². The zero-order valence-corrected chi connectivity index (χ0v) is 8.22. The van der Waals surface area contributed by atoms with E-state index in [0.717, 1.165) is 5.69 Å². The number of ether oxygens (including phenoxy) is 1. The highest BCUT2D eigenvalue weighted by Crippen LogP contribution is 2.19. The van der Waals surface area contributed by atoms with Crippen molar-refractivity contribution in [3.05, 3.63) is 12.4 Å². The first kappa shape index (κ1) is 9.97. The standard InChI is InChI=1S/C9H13N3O3/c13-9(14)1-2-12(8-5-15-6-8)7-3-10-11-4-7/h3-4,8H,1-2,5-6H2,(H,10,11)(H,13,14). The van der Waals surface area contributed by atoms with Crippen molar-refractivity contribution in [1.82, 2.24) is 10.2 Å². The van der Waals surface area contributed by atoms with E-state index in [1.165, 1.54) is 0 Å². The number of hydrogen-bond acceptors (Lipinski definition) is 4. The Kier molecular flexibility index (Phi) is 2.86. The summed E-state index contributed by atoms with van der Waals surface area (Å²) >= 11 is 0. The van der Waals surface area contributed by atoms with Gasteiger partial charge in [0.25, 0.3) is 0 Å². The lowest BCUT2D eigenvalue weighted by molar-refractivity contribution is -0.136. The first-order valence-corrected chi connectivity index (χ1v) is 4.82. The van der Waals surface area contributed by atoms with E-state index in [2.05, 4.69) is 10.2 Å². The number of hydrogen-bond donors (Lipinski definition) is 2. The molecule has 1 fully saturated rings. The molecule has 6 heteroatoms. The van der Waals surface area contributed by atoms with Gasteiger partial charge in [0.15, 0.2) is 0 Å². The van der Waals surface area contributed by atoms with Crippen LogP contribution in [0, 0.1) is 0 Å². The average molecular weight is 211 g/mol. The fourth-order valence-electron chi connectivity index (χ4n) is 1.54. The number of H-pyrrole nitrogens is 1. The second-order valence-corrected chi connectivity index (χ2v) is 3.48. The first-order chi connectivity index (χ1) is 7.27. The molecule has 2 rings (SSSR count). The molecule has 6 nitrogen and oxygen atoms in total. The average Bonchev–Trinajstić information content (AvgIpc) is 2.60. The molecule has 0 aromatic carbocycles. The van der Waals surface area contributed by atoms with Gasteiger partial charge in [-0.25, -0.2) is 0 Å². The van der Waals surface area contributed by atoms with Gasteiger partial charge in [-0.2, -0.15) is 5.10 Å². The molecule has 1 aromatic heterocycles. The van der Waals surface area contributed by atoms with Crippen LogP contribution in [0.15, 0.2) is 12.4 Å². The highest BCUT2D eigenvalue weighted by Gasteiger charge is 2.26. The number of rotatable bonds is 5. The minimum Gasteiger partial charge on any atom is -0.481 e. The second-order valence-electron chi connectivity index (χ2n) is 3.48. The van der Waals surface area contributed by atoms with Gasteiger partial charge in [0, 0.05) is 12.7 Å². The number of anilines is 1. The molecule has 1 saturated heterocycles. The van der Waals surface area contributed by atoms with Gasteiger partial charge >= 0.3 is 5.97 Å². The van der Waals surface area contributed by atoms with Crippen molar-refractivity contribution < 1.29 is 14.6 Å². The number of carbonyl (C=O) groups is 1. The monoisotopic (exact) mass is 211 g/mol. The van der Waals surface area contributed by atoms with Crippen molar-refractivity contribution in [2.75, 3.05) is 24.7 Å². The van der Waals surface area contributed by atoms with Gasteiger partial charge in [-0.15, -0.1) is 0 Å². The maximum atomic E-state index is 10.5. The van der Waals surface area contributed by atoms with Crippen LogP contribution in [0.4, 0.5) is 5.69 Å². The molecule has 0 aliphatic carbocycles. The fourth-order valence-corrected chi connectivity index (χ4v) is 1.54. The maximum absolute atomic E-state index is 10.5. The Hall–Kier alpha value is -1.56. The van der Waals surface area contributed by atoms with Crippen LogP contribution in [0.25, 0.3) is 0 Å². The zero-order chi connectivity index (χ0) is 10.7. The first-order valence-electron chi connectivity index (χ1n) is 4.82. The smallest absolute Gasteiger partial charge is 0.305 e. The van der Waals surface area contributed by atoms with E-state index >= 15 is 0 Å². The van der Waals surface area contributed by atoms with Crippen LogP contribution in [0.3, 0.4) is 0 Å². The largest absolute Gasteiger partial charge is 0.481 e. The van der Waals surface area contributed by atoms with Gasteiger partial charge < -0.3 is 14.7 Å². The Morgan fingerprint density at radius 1 is 1.73 bits per heavy atom. The summed E-state index contributed by atoms with van der Waals surface area (Å²) in [4.78, 5) is 12.5. The molecule has 1 aromatic rings. The molecule has 2 heterocycles. The second kappa shape index (κ2) is 4.31. The molecular weight excluding hydrogens is 198 g/mol. The van der Waals surface area contributed by atoms with E-state index in [1.807, 2.05) is 4.90 Å². The summed E-state index contributed by atoms with van der Waals surface area (Å²) in [5.41, 5.74) is 0.921. The van der Waals surface area contributed by atoms with Gasteiger partial charge in [-0.3, -0.25) is 9.89 Å². The predicted octanol–water partition coefficient (Wildman–Crippen LogP) is 0.0896. The molecule has 0 saturated carbocycles. The number of carboxylic acid groups (broad SMARTS) is 1. The van der Waals surface area contributed by atoms with Gasteiger partial charge in [0.05, 0.1) is 37.6 Å². The summed E-state index contributed by atoms with van der Waals surface area (Å²) in [6.45, 7) is 1.80. The van der Waals surface area contributed by atoms with E-state index in [-0.39, 0.29) is 12.5 Å². The highest BCUT2D eigenvalue weighted by atomic mass is 16.5. The Labute approximate surface area is 86.8 Å². The molecule has 1 aliphatic rings. The Bertz CT molecular complexity index is 321. The molecule has 82 valence electrons. The van der Waals surface area contributed by atoms with Crippen molar-refractivity contribution in [2.45, 2.75) is 12.5 Å². The highest BCUT2D eigenvalue weighted by molar-refractivity contribution is 5.67. The number of aliphatic carboxylic acids is 1. The molecule has 0 radical (unpaired) electrons. The van der Waals surface area contributed by atoms with E-state index < -0.39 is 5.97 Å². The quantitative estimate of drug-likeness (QED) is 0.721. The minimum atomic E-state index is -0.788. The van der Waals surface area contributed by atoms with E-state index in [4.69, 9.17) is 9.84 Å². The molecular formula is C9H13N3O3. The molecule has 0 unspecified atom stereocenters. The third-order valence-electron chi connectivity index (χ3n) is 2.44. The van der Waals surface area contributed by atoms with Crippen LogP contribution >= 0.6 is 0 Å². The molecule has 0 amide bonds. The zero-order valence-electron chi connectivity index (χ0n) is 8.22. The van der Waals surface area contributed by atoms with Crippen molar-refractivity contribution in [1.29, 1.82) is 0 Å². The third-order valence-corrected chi connectivity index (χ3v) is 2.44. The maximum Gasteiger partial charge on any atom is 0.305 e. The lowest BCUT2D eigenvalue weighted by Crippen LogP contribution is -2.49. The summed E-state index contributed by atoms with van der Waals surface area (Å²) in [6.07, 6.45) is 3.59. The number of aromatic amines is 1. The number of nitrogens with zero attached hydrogens (tertiary/aromatic N) is 2. The predicted molar refractivity (Wildman–Crippen MR) is 52.8 cm³/mol. The summed E-state index contributed by atoms with van der Waals surface area (Å²) in [7, 11) is 0. The molecule has 1 aliphatic heterocycles. The van der Waals surface area contributed by atoms with Gasteiger partial charge in [0.1, 0.15) is 0 Å². The normalized spacial score (nSPS) is 16.0. The van der Waals surface area contributed by atoms with E-state index in [1.54, 1.807) is 12.4 Å². The summed E-state index contributed by atoms with van der Waals surface area (Å²) in [6, 6.07) is 0.280. The Balaban J connectivity index is 1.99. The van der Waals surface area contributed by atoms with Crippen LogP contribution in [0.5, 0.6) is 0 Å². The number of carboxylic acids is 1. The summed E-state index contributed by atoms with van der Waals surface area (Å²) in [5, 5.41) is 15.2. The molecule has 0 atom stereocenters. The SMILES string of the molecule is O=C(O)CCN(c1cn[nH]c1)C1COC1. The van der Waals surface area contributed by atoms with Crippen LogP contribution in [-0.4, -0.2) is 47.1 Å². The fraction of sp³-hybridized carbons (Fsp3) is 0.556. The lowest BCUT2D eigenvalue weighted by Gasteiger charge is -2.37. The van der Waals surface area contributed by atoms with Gasteiger partial charge in [0.2, 0.25) is 0 Å². The van der Waals surface area contributed by atoms with Crippen LogP contribution in [-0.2, 0) is 9.53 Å². The Morgan fingerprint density at radius 2 is 2.53 bits per heavy atom. The summed E-state index contributed by atoms with van der Waals surface area (Å²) in [5.74, 6) is -0.788. The number of aromatic nitrogens is 2. The van der Waals surface area contributed by atoms with Crippen LogP contribution < -0.4 is 4.90 Å². The van der Waals surface area contributed by atoms with Crippen LogP contribution in [0.2, 0.25) is 0 Å². The van der Waals surface area contributed by atoms with E-state index in [0.29, 0.717) is 19.8 Å². The summed E-state index contributed by atoms with van der Waals surface area (Å²) < 4.78 is 5.10. The molecule has 0 bridgehead atoms. The number of nitrogens with one attached hydrogen (secondary N) is 1. The van der Waals surface area contributed by atoms with Crippen molar-refractivity contribution in [2.24, 2.45) is 0 Å².